The molecule has 3 fully saturated rings. The highest BCUT2D eigenvalue weighted by atomic mass is 32.2. The molecule has 7 nitrogen and oxygen atoms in total. The number of hydrogen-bond acceptors (Lipinski definition) is 6. The second-order valence-electron chi connectivity index (χ2n) is 12.2. The molecule has 218 valence electrons. The van der Waals surface area contributed by atoms with Crippen LogP contribution in [0.1, 0.15) is 57.6 Å². The van der Waals surface area contributed by atoms with Crippen molar-refractivity contribution < 1.29 is 24.2 Å². The SMILES string of the molecule is C=CCCOC(=O)[C@H]1[C@H]2C(=O)N([C@@H](CO)CC(C)C)C(C(=O)N(CC=C)c3c(C)cccc3C)C23CC[C@]1(C)S3. The minimum atomic E-state index is -0.822. The molecule has 2 amide bonds. The number of amides is 2. The number of aliphatic hydroxyl groups is 1. The molecule has 8 heteroatoms. The van der Waals surface area contributed by atoms with Crippen LogP contribution in [0.3, 0.4) is 0 Å². The zero-order valence-electron chi connectivity index (χ0n) is 24.5. The highest BCUT2D eigenvalue weighted by molar-refractivity contribution is 8.02. The van der Waals surface area contributed by atoms with Gasteiger partial charge < -0.3 is 19.6 Å². The predicted molar refractivity (Wildman–Crippen MR) is 160 cm³/mol. The molecule has 2 bridgehead atoms. The Morgan fingerprint density at radius 1 is 1.23 bits per heavy atom. The Morgan fingerprint density at radius 2 is 1.90 bits per heavy atom. The number of rotatable bonds is 12. The number of anilines is 1. The topological polar surface area (TPSA) is 87.1 Å². The summed E-state index contributed by atoms with van der Waals surface area (Å²) >= 11 is 1.62. The van der Waals surface area contributed by atoms with E-state index in [4.69, 9.17) is 4.74 Å². The van der Waals surface area contributed by atoms with Crippen molar-refractivity contribution in [1.82, 2.24) is 4.90 Å². The number of para-hydroxylation sites is 1. The van der Waals surface area contributed by atoms with Crippen LogP contribution < -0.4 is 4.90 Å². The van der Waals surface area contributed by atoms with Crippen molar-refractivity contribution in [3.8, 4) is 0 Å². The fraction of sp³-hybridized carbons (Fsp3) is 0.594. The fourth-order valence-corrected chi connectivity index (χ4v) is 9.67. The summed E-state index contributed by atoms with van der Waals surface area (Å²) in [5.74, 6) is -1.94. The number of carbonyl (C=O) groups is 3. The van der Waals surface area contributed by atoms with E-state index in [0.29, 0.717) is 25.7 Å². The number of aliphatic hydroxyl groups excluding tert-OH is 1. The third-order valence-corrected chi connectivity index (χ3v) is 10.9. The molecule has 0 aromatic heterocycles. The van der Waals surface area contributed by atoms with Gasteiger partial charge in [0.1, 0.15) is 6.04 Å². The Bertz CT molecular complexity index is 1160. The van der Waals surface area contributed by atoms with Gasteiger partial charge in [-0.15, -0.1) is 24.9 Å². The van der Waals surface area contributed by atoms with Crippen LogP contribution in [0.4, 0.5) is 5.69 Å². The summed E-state index contributed by atoms with van der Waals surface area (Å²) in [6.07, 6.45) is 5.84. The van der Waals surface area contributed by atoms with Gasteiger partial charge in [-0.3, -0.25) is 14.4 Å². The summed E-state index contributed by atoms with van der Waals surface area (Å²) in [5.41, 5.74) is 2.73. The minimum Gasteiger partial charge on any atom is -0.465 e. The van der Waals surface area contributed by atoms with Crippen LogP contribution in [-0.4, -0.2) is 69.1 Å². The van der Waals surface area contributed by atoms with E-state index in [-0.39, 0.29) is 43.5 Å². The number of thioether (sulfide) groups is 1. The smallest absolute Gasteiger partial charge is 0.311 e. The number of nitrogens with zero attached hydrogens (tertiary/aromatic N) is 2. The molecule has 4 rings (SSSR count). The number of carbonyl (C=O) groups excluding carboxylic acids is 3. The van der Waals surface area contributed by atoms with Gasteiger partial charge in [0, 0.05) is 17.0 Å². The first-order valence-corrected chi connectivity index (χ1v) is 15.2. The molecule has 1 aromatic carbocycles. The van der Waals surface area contributed by atoms with Gasteiger partial charge in [-0.05, 0) is 63.5 Å². The molecule has 2 unspecified atom stereocenters. The van der Waals surface area contributed by atoms with E-state index in [1.54, 1.807) is 33.7 Å². The molecule has 0 radical (unpaired) electrons. The molecule has 3 heterocycles. The van der Waals surface area contributed by atoms with Crippen LogP contribution in [0.25, 0.3) is 0 Å². The van der Waals surface area contributed by atoms with Gasteiger partial charge in [0.15, 0.2) is 0 Å². The van der Waals surface area contributed by atoms with Crippen LogP contribution in [0.5, 0.6) is 0 Å². The lowest BCUT2D eigenvalue weighted by molar-refractivity contribution is -0.156. The summed E-state index contributed by atoms with van der Waals surface area (Å²) < 4.78 is 4.36. The van der Waals surface area contributed by atoms with Crippen molar-refractivity contribution in [3.05, 3.63) is 54.6 Å². The van der Waals surface area contributed by atoms with E-state index in [1.807, 2.05) is 52.8 Å². The van der Waals surface area contributed by atoms with E-state index >= 15 is 0 Å². The highest BCUT2D eigenvalue weighted by Gasteiger charge is 2.78. The fourth-order valence-electron chi connectivity index (χ4n) is 7.35. The second-order valence-corrected chi connectivity index (χ2v) is 14.1. The van der Waals surface area contributed by atoms with Crippen molar-refractivity contribution in [2.24, 2.45) is 17.8 Å². The average molecular weight is 569 g/mol. The van der Waals surface area contributed by atoms with Crippen molar-refractivity contribution in [3.63, 3.8) is 0 Å². The van der Waals surface area contributed by atoms with E-state index < -0.39 is 33.4 Å². The Hall–Kier alpha value is -2.58. The lowest BCUT2D eigenvalue weighted by Crippen LogP contribution is -2.58. The molecule has 1 spiro atoms. The normalized spacial score (nSPS) is 29.4. The number of hydrogen-bond donors (Lipinski definition) is 1. The highest BCUT2D eigenvalue weighted by Crippen LogP contribution is 2.72. The third-order valence-electron chi connectivity index (χ3n) is 8.90. The molecule has 0 aliphatic carbocycles. The summed E-state index contributed by atoms with van der Waals surface area (Å²) in [4.78, 5) is 46.3. The maximum atomic E-state index is 14.9. The maximum absolute atomic E-state index is 14.9. The van der Waals surface area contributed by atoms with E-state index in [9.17, 15) is 19.5 Å². The Labute approximate surface area is 243 Å². The van der Waals surface area contributed by atoms with Crippen molar-refractivity contribution in [1.29, 1.82) is 0 Å². The molecular weight excluding hydrogens is 524 g/mol. The number of aryl methyl sites for hydroxylation is 2. The number of fused-ring (bicyclic) bond motifs is 1. The van der Waals surface area contributed by atoms with E-state index in [2.05, 4.69) is 13.2 Å². The standard InChI is InChI=1S/C32H44N2O5S/c1-8-10-17-39-30(38)25-24-28(36)34(23(19-35)18-20(3)4)27(32(24)15-14-31(25,7)40-32)29(37)33(16-9-2)26-21(5)12-11-13-22(26)6/h8-9,11-13,20,23-25,27,35H,1-2,10,14-19H2,3-7H3/t23-,24+,25-,27?,31+,32?/m1/s1. The first-order chi connectivity index (χ1) is 19.0. The molecular formula is C32H44N2O5S. The Balaban J connectivity index is 1.85. The van der Waals surface area contributed by atoms with Gasteiger partial charge in [0.05, 0.1) is 35.8 Å². The van der Waals surface area contributed by atoms with Gasteiger partial charge in [0.2, 0.25) is 5.91 Å². The van der Waals surface area contributed by atoms with Gasteiger partial charge in [-0.2, -0.15) is 0 Å². The molecule has 3 saturated heterocycles. The molecule has 6 atom stereocenters. The molecule has 3 aliphatic heterocycles. The molecule has 3 aliphatic rings. The number of likely N-dealkylation sites (tertiary alicyclic amines) is 1. The van der Waals surface area contributed by atoms with Gasteiger partial charge >= 0.3 is 5.97 Å². The largest absolute Gasteiger partial charge is 0.465 e. The number of ether oxygens (including phenoxy) is 1. The summed E-state index contributed by atoms with van der Waals surface area (Å²) in [6, 6.07) is 4.57. The van der Waals surface area contributed by atoms with Crippen molar-refractivity contribution in [2.45, 2.75) is 81.9 Å². The Morgan fingerprint density at radius 3 is 2.48 bits per heavy atom. The lowest BCUT2D eigenvalue weighted by atomic mass is 9.66. The zero-order chi connectivity index (χ0) is 29.4. The van der Waals surface area contributed by atoms with E-state index in [1.165, 1.54) is 0 Å². The summed E-state index contributed by atoms with van der Waals surface area (Å²) in [7, 11) is 0. The monoisotopic (exact) mass is 568 g/mol. The summed E-state index contributed by atoms with van der Waals surface area (Å²) in [6.45, 7) is 18.0. The number of esters is 1. The lowest BCUT2D eigenvalue weighted by Gasteiger charge is -2.40. The van der Waals surface area contributed by atoms with Crippen molar-refractivity contribution in [2.75, 3.05) is 24.7 Å². The van der Waals surface area contributed by atoms with Crippen LogP contribution in [0.15, 0.2) is 43.5 Å². The van der Waals surface area contributed by atoms with Crippen LogP contribution in [0.2, 0.25) is 0 Å². The van der Waals surface area contributed by atoms with Crippen molar-refractivity contribution >= 4 is 35.2 Å². The van der Waals surface area contributed by atoms with Gasteiger partial charge in [-0.25, -0.2) is 0 Å². The number of benzene rings is 1. The average Bonchev–Trinajstić information content (AvgIpc) is 3.47. The third kappa shape index (κ3) is 4.91. The van der Waals surface area contributed by atoms with Gasteiger partial charge in [0.25, 0.3) is 5.91 Å². The second kappa shape index (κ2) is 11.7. The first kappa shape index (κ1) is 30.4. The summed E-state index contributed by atoms with van der Waals surface area (Å²) in [5, 5.41) is 10.6. The Kier molecular flexibility index (Phi) is 8.91. The molecule has 0 saturated carbocycles. The zero-order valence-corrected chi connectivity index (χ0v) is 25.3. The maximum Gasteiger partial charge on any atom is 0.311 e. The van der Waals surface area contributed by atoms with Crippen LogP contribution in [0, 0.1) is 31.6 Å². The quantitative estimate of drug-likeness (QED) is 0.221. The van der Waals surface area contributed by atoms with Gasteiger partial charge in [-0.1, -0.05) is 44.2 Å². The van der Waals surface area contributed by atoms with Crippen LogP contribution >= 0.6 is 11.8 Å². The molecule has 1 aromatic rings. The minimum absolute atomic E-state index is 0.187. The molecule has 1 N–H and O–H groups in total. The first-order valence-electron chi connectivity index (χ1n) is 14.4. The predicted octanol–water partition coefficient (Wildman–Crippen LogP) is 4.83. The van der Waals surface area contributed by atoms with E-state index in [0.717, 1.165) is 16.8 Å². The molecule has 40 heavy (non-hydrogen) atoms. The van der Waals surface area contributed by atoms with Crippen LogP contribution in [-0.2, 0) is 19.1 Å².